The molecule has 2 rings (SSSR count). The first kappa shape index (κ1) is 19.4. The molecule has 0 aliphatic carbocycles. The second-order valence-electron chi connectivity index (χ2n) is 5.72. The van der Waals surface area contributed by atoms with Gasteiger partial charge in [0.25, 0.3) is 0 Å². The Hall–Kier alpha value is -2.91. The van der Waals surface area contributed by atoms with Crippen molar-refractivity contribution in [2.75, 3.05) is 13.1 Å². The van der Waals surface area contributed by atoms with E-state index < -0.39 is 47.8 Å². The first-order valence-electron chi connectivity index (χ1n) is 7.56. The van der Waals surface area contributed by atoms with Crippen molar-refractivity contribution in [3.8, 4) is 0 Å². The van der Waals surface area contributed by atoms with Crippen LogP contribution in [0.5, 0.6) is 0 Å². The molecule has 2 amide bonds. The molecule has 26 heavy (non-hydrogen) atoms. The molecule has 1 unspecified atom stereocenters. The highest BCUT2D eigenvalue weighted by Crippen LogP contribution is 2.30. The monoisotopic (exact) mass is 372 g/mol. The highest BCUT2D eigenvalue weighted by molar-refractivity contribution is 6.19. The number of carboxylic acids is 1. The van der Waals surface area contributed by atoms with Crippen LogP contribution in [0.15, 0.2) is 24.3 Å². The molecule has 0 aromatic heterocycles. The van der Waals surface area contributed by atoms with Crippen LogP contribution in [0.1, 0.15) is 17.5 Å². The molecule has 1 heterocycles. The highest BCUT2D eigenvalue weighted by Gasteiger charge is 2.40. The van der Waals surface area contributed by atoms with Crippen molar-refractivity contribution in [2.24, 2.45) is 5.92 Å². The number of hydrogen-bond acceptors (Lipinski definition) is 4. The number of benzene rings is 1. The Morgan fingerprint density at radius 3 is 2.58 bits per heavy atom. The third-order valence-corrected chi connectivity index (χ3v) is 3.81. The van der Waals surface area contributed by atoms with Gasteiger partial charge >= 0.3 is 12.1 Å². The minimum absolute atomic E-state index is 0.0311. The van der Waals surface area contributed by atoms with Crippen LogP contribution in [-0.2, 0) is 31.9 Å². The number of ketones is 1. The summed E-state index contributed by atoms with van der Waals surface area (Å²) in [4.78, 5) is 47.8. The first-order chi connectivity index (χ1) is 12.1. The van der Waals surface area contributed by atoms with Crippen LogP contribution in [-0.4, -0.2) is 46.7 Å². The lowest BCUT2D eigenvalue weighted by molar-refractivity contribution is -0.152. The van der Waals surface area contributed by atoms with E-state index in [1.807, 2.05) is 5.32 Å². The molecule has 1 saturated heterocycles. The Labute approximate surface area is 145 Å². The summed E-state index contributed by atoms with van der Waals surface area (Å²) in [6, 6.07) is 4.39. The van der Waals surface area contributed by atoms with Gasteiger partial charge in [0.1, 0.15) is 6.54 Å². The van der Waals surface area contributed by atoms with Crippen molar-refractivity contribution >= 4 is 23.6 Å². The summed E-state index contributed by atoms with van der Waals surface area (Å²) in [5.74, 6) is -5.57. The fourth-order valence-electron chi connectivity index (χ4n) is 2.57. The number of piperidine rings is 1. The van der Waals surface area contributed by atoms with Crippen LogP contribution in [0, 0.1) is 5.92 Å². The molecule has 2 N–H and O–H groups in total. The van der Waals surface area contributed by atoms with Gasteiger partial charge in [0.2, 0.25) is 11.8 Å². The summed E-state index contributed by atoms with van der Waals surface area (Å²) in [5, 5.41) is 10.5. The van der Waals surface area contributed by atoms with Gasteiger partial charge in [-0.25, -0.2) is 0 Å². The van der Waals surface area contributed by atoms with Crippen LogP contribution < -0.4 is 5.32 Å². The van der Waals surface area contributed by atoms with E-state index in [1.54, 1.807) is 0 Å². The highest BCUT2D eigenvalue weighted by atomic mass is 19.4. The Bertz CT molecular complexity index is 748. The molecule has 7 nitrogen and oxygen atoms in total. The number of carbonyl (C=O) groups excluding carboxylic acids is 3. The molecule has 0 spiro atoms. The Morgan fingerprint density at radius 1 is 1.27 bits per heavy atom. The second kappa shape index (κ2) is 7.54. The Morgan fingerprint density at radius 2 is 1.96 bits per heavy atom. The molecular formula is C16H15F3N2O5. The van der Waals surface area contributed by atoms with Gasteiger partial charge in [-0.3, -0.25) is 19.2 Å². The predicted molar refractivity (Wildman–Crippen MR) is 80.6 cm³/mol. The number of Topliss-reactive ketones (excluding diaryl/α,β-unsaturated/α-hetero) is 1. The third kappa shape index (κ3) is 4.58. The number of aliphatic carboxylic acids is 1. The first-order valence-corrected chi connectivity index (χ1v) is 7.56. The van der Waals surface area contributed by atoms with Gasteiger partial charge in [-0.05, 0) is 17.7 Å². The lowest BCUT2D eigenvalue weighted by atomic mass is 9.94. The van der Waals surface area contributed by atoms with E-state index in [0.29, 0.717) is 0 Å². The van der Waals surface area contributed by atoms with Crippen molar-refractivity contribution in [1.82, 2.24) is 10.2 Å². The fraction of sp³-hybridized carbons (Fsp3) is 0.375. The Balaban J connectivity index is 2.13. The normalized spacial score (nSPS) is 18.0. The maximum Gasteiger partial charge on any atom is 0.416 e. The van der Waals surface area contributed by atoms with E-state index in [0.717, 1.165) is 17.0 Å². The largest absolute Gasteiger partial charge is 0.480 e. The maximum absolute atomic E-state index is 12.8. The van der Waals surface area contributed by atoms with Gasteiger partial charge in [0.15, 0.2) is 11.7 Å². The van der Waals surface area contributed by atoms with Crippen molar-refractivity contribution in [3.05, 3.63) is 35.4 Å². The number of alkyl halides is 3. The number of halogens is 3. The molecule has 1 aliphatic rings. The topological polar surface area (TPSA) is 104 Å². The van der Waals surface area contributed by atoms with E-state index in [9.17, 15) is 32.3 Å². The molecule has 10 heteroatoms. The second-order valence-corrected chi connectivity index (χ2v) is 5.72. The van der Waals surface area contributed by atoms with Gasteiger partial charge < -0.3 is 15.3 Å². The van der Waals surface area contributed by atoms with Gasteiger partial charge in [-0.2, -0.15) is 13.2 Å². The number of rotatable bonds is 5. The number of carbonyl (C=O) groups is 4. The minimum atomic E-state index is -4.53. The van der Waals surface area contributed by atoms with Crippen molar-refractivity contribution in [3.63, 3.8) is 0 Å². The average molecular weight is 372 g/mol. The zero-order valence-electron chi connectivity index (χ0n) is 13.4. The predicted octanol–water partition coefficient (Wildman–Crippen LogP) is 0.824. The molecule has 1 aliphatic heterocycles. The smallest absolute Gasteiger partial charge is 0.416 e. The molecule has 0 saturated carbocycles. The summed E-state index contributed by atoms with van der Waals surface area (Å²) >= 11 is 0. The van der Waals surface area contributed by atoms with E-state index in [4.69, 9.17) is 5.11 Å². The number of carboxylic acid groups (broad SMARTS) is 1. The van der Waals surface area contributed by atoms with Crippen LogP contribution >= 0.6 is 0 Å². The van der Waals surface area contributed by atoms with E-state index in [-0.39, 0.29) is 25.1 Å². The molecule has 140 valence electrons. The van der Waals surface area contributed by atoms with E-state index >= 15 is 0 Å². The third-order valence-electron chi connectivity index (χ3n) is 3.81. The summed E-state index contributed by atoms with van der Waals surface area (Å²) in [7, 11) is 0. The molecule has 1 atom stereocenters. The Kier molecular flexibility index (Phi) is 5.63. The maximum atomic E-state index is 12.8. The SMILES string of the molecule is O=C(O)CNC(=O)C1C(=O)CCN(Cc2cccc(C(F)(F)F)c2)C1=O. The van der Waals surface area contributed by atoms with Gasteiger partial charge in [0.05, 0.1) is 5.56 Å². The van der Waals surface area contributed by atoms with Crippen LogP contribution in [0.4, 0.5) is 13.2 Å². The van der Waals surface area contributed by atoms with Gasteiger partial charge in [-0.15, -0.1) is 0 Å². The lowest BCUT2D eigenvalue weighted by Crippen LogP contribution is -2.52. The summed E-state index contributed by atoms with van der Waals surface area (Å²) < 4.78 is 38.3. The zero-order valence-corrected chi connectivity index (χ0v) is 13.4. The van der Waals surface area contributed by atoms with Crippen LogP contribution in [0.3, 0.4) is 0 Å². The number of nitrogens with one attached hydrogen (secondary N) is 1. The van der Waals surface area contributed by atoms with Crippen LogP contribution in [0.25, 0.3) is 0 Å². The summed E-state index contributed by atoms with van der Waals surface area (Å²) in [6.07, 6.45) is -4.67. The quantitative estimate of drug-likeness (QED) is 0.745. The van der Waals surface area contributed by atoms with E-state index in [2.05, 4.69) is 0 Å². The molecule has 1 aromatic carbocycles. The van der Waals surface area contributed by atoms with Crippen molar-refractivity contribution < 1.29 is 37.5 Å². The molecular weight excluding hydrogens is 357 g/mol. The zero-order chi connectivity index (χ0) is 19.5. The van der Waals surface area contributed by atoms with Crippen LogP contribution in [0.2, 0.25) is 0 Å². The summed E-state index contributed by atoms with van der Waals surface area (Å²) in [5.41, 5.74) is -0.668. The molecule has 1 aromatic rings. The number of nitrogens with zero attached hydrogens (tertiary/aromatic N) is 1. The standard InChI is InChI=1S/C16H15F3N2O5/c17-16(18,19)10-3-1-2-9(6-10)8-21-5-4-11(22)13(15(21)26)14(25)20-7-12(23)24/h1-3,6,13H,4-5,7-8H2,(H,20,25)(H,23,24). The lowest BCUT2D eigenvalue weighted by Gasteiger charge is -2.30. The fourth-order valence-corrected chi connectivity index (χ4v) is 2.57. The number of likely N-dealkylation sites (tertiary alicyclic amines) is 1. The summed E-state index contributed by atoms with van der Waals surface area (Å²) in [6.45, 7) is -0.973. The molecule has 0 radical (unpaired) electrons. The van der Waals surface area contributed by atoms with E-state index in [1.165, 1.54) is 12.1 Å². The molecule has 1 fully saturated rings. The average Bonchev–Trinajstić information content (AvgIpc) is 2.55. The van der Waals surface area contributed by atoms with Gasteiger partial charge in [-0.1, -0.05) is 12.1 Å². The van der Waals surface area contributed by atoms with Crippen molar-refractivity contribution in [1.29, 1.82) is 0 Å². The number of amides is 2. The molecule has 0 bridgehead atoms. The minimum Gasteiger partial charge on any atom is -0.480 e. The number of hydrogen-bond donors (Lipinski definition) is 2. The van der Waals surface area contributed by atoms with Gasteiger partial charge in [0, 0.05) is 19.5 Å². The van der Waals surface area contributed by atoms with Crippen molar-refractivity contribution in [2.45, 2.75) is 19.1 Å².